The number of hydrogen-bond donors (Lipinski definition) is 1. The maximum absolute atomic E-state index is 11.0. The van der Waals surface area contributed by atoms with E-state index < -0.39 is 0 Å². The van der Waals surface area contributed by atoms with E-state index in [0.717, 1.165) is 12.8 Å². The molecule has 0 aliphatic rings. The van der Waals surface area contributed by atoms with Crippen molar-refractivity contribution in [2.45, 2.75) is 37.6 Å². The van der Waals surface area contributed by atoms with Gasteiger partial charge in [0.25, 0.3) is 0 Å². The van der Waals surface area contributed by atoms with E-state index in [1.165, 1.54) is 7.11 Å². The summed E-state index contributed by atoms with van der Waals surface area (Å²) in [6.45, 7) is 4.87. The van der Waals surface area contributed by atoms with Crippen molar-refractivity contribution in [2.24, 2.45) is 0 Å². The lowest BCUT2D eigenvalue weighted by atomic mass is 10.2. The number of halogens is 1. The van der Waals surface area contributed by atoms with Gasteiger partial charge in [-0.1, -0.05) is 29.3 Å². The van der Waals surface area contributed by atoms with E-state index in [1.54, 1.807) is 0 Å². The van der Waals surface area contributed by atoms with Crippen LogP contribution in [0.15, 0.2) is 0 Å². The molecule has 13 heavy (non-hydrogen) atoms. The second kappa shape index (κ2) is 7.33. The minimum absolute atomic E-state index is 0.226. The van der Waals surface area contributed by atoms with Crippen molar-refractivity contribution in [3.63, 3.8) is 0 Å². The van der Waals surface area contributed by atoms with Crippen LogP contribution < -0.4 is 5.32 Å². The van der Waals surface area contributed by atoms with Gasteiger partial charge in [0.2, 0.25) is 0 Å². The molecule has 0 aliphatic carbocycles. The van der Waals surface area contributed by atoms with Crippen LogP contribution in [0.4, 0.5) is 0 Å². The van der Waals surface area contributed by atoms with Crippen LogP contribution in [-0.4, -0.2) is 30.5 Å². The highest BCUT2D eigenvalue weighted by atomic mass is 79.9. The number of hydrogen-bond acceptors (Lipinski definition) is 3. The molecule has 0 spiro atoms. The van der Waals surface area contributed by atoms with E-state index in [0.29, 0.717) is 12.6 Å². The molecule has 0 saturated heterocycles. The standard InChI is InChI=1S/C9H18BrNO2/c1-4-5-7(2)11-6-8(10)9(12)13-3/h7-8,11H,4-6H2,1-3H3. The molecule has 0 radical (unpaired) electrons. The molecule has 4 heteroatoms. The zero-order chi connectivity index (χ0) is 10.3. The fourth-order valence-electron chi connectivity index (χ4n) is 1.05. The Morgan fingerprint density at radius 2 is 2.23 bits per heavy atom. The topological polar surface area (TPSA) is 38.3 Å². The fraction of sp³-hybridized carbons (Fsp3) is 0.889. The average Bonchev–Trinajstić information content (AvgIpc) is 2.13. The molecule has 0 aromatic carbocycles. The minimum atomic E-state index is -0.239. The molecule has 0 aliphatic heterocycles. The van der Waals surface area contributed by atoms with Crippen molar-refractivity contribution < 1.29 is 9.53 Å². The Morgan fingerprint density at radius 1 is 1.62 bits per heavy atom. The molecule has 3 nitrogen and oxygen atoms in total. The van der Waals surface area contributed by atoms with Gasteiger partial charge < -0.3 is 10.1 Å². The molecule has 0 aromatic heterocycles. The van der Waals surface area contributed by atoms with E-state index in [2.05, 4.69) is 39.8 Å². The third-order valence-electron chi connectivity index (χ3n) is 1.82. The first-order valence-corrected chi connectivity index (χ1v) is 5.48. The number of alkyl halides is 1. The van der Waals surface area contributed by atoms with E-state index in [9.17, 15) is 4.79 Å². The monoisotopic (exact) mass is 251 g/mol. The quantitative estimate of drug-likeness (QED) is 0.577. The second-order valence-corrected chi connectivity index (χ2v) is 4.19. The van der Waals surface area contributed by atoms with Gasteiger partial charge in [-0.3, -0.25) is 4.79 Å². The predicted octanol–water partition coefficient (Wildman–Crippen LogP) is 1.70. The SMILES string of the molecule is CCCC(C)NCC(Br)C(=O)OC. The van der Waals surface area contributed by atoms with Gasteiger partial charge in [-0.2, -0.15) is 0 Å². The van der Waals surface area contributed by atoms with Crippen LogP contribution in [0.3, 0.4) is 0 Å². The first kappa shape index (κ1) is 12.9. The maximum Gasteiger partial charge on any atom is 0.320 e. The minimum Gasteiger partial charge on any atom is -0.468 e. The highest BCUT2D eigenvalue weighted by Gasteiger charge is 2.15. The van der Waals surface area contributed by atoms with Crippen LogP contribution >= 0.6 is 15.9 Å². The van der Waals surface area contributed by atoms with Crippen LogP contribution in [0.25, 0.3) is 0 Å². The first-order chi connectivity index (χ1) is 6.11. The van der Waals surface area contributed by atoms with E-state index >= 15 is 0 Å². The molecule has 2 unspecified atom stereocenters. The third kappa shape index (κ3) is 6.05. The van der Waals surface area contributed by atoms with Crippen LogP contribution in [0.1, 0.15) is 26.7 Å². The molecule has 0 amide bonds. The largest absolute Gasteiger partial charge is 0.468 e. The highest BCUT2D eigenvalue weighted by molar-refractivity contribution is 9.10. The summed E-state index contributed by atoms with van der Waals surface area (Å²) >= 11 is 3.25. The number of ether oxygens (including phenoxy) is 1. The van der Waals surface area contributed by atoms with Gasteiger partial charge in [-0.25, -0.2) is 0 Å². The molecular weight excluding hydrogens is 234 g/mol. The third-order valence-corrected chi connectivity index (χ3v) is 2.52. The van der Waals surface area contributed by atoms with Crippen molar-refractivity contribution >= 4 is 21.9 Å². The summed E-state index contributed by atoms with van der Waals surface area (Å²) in [5, 5.41) is 3.25. The Morgan fingerprint density at radius 3 is 2.69 bits per heavy atom. The highest BCUT2D eigenvalue weighted by Crippen LogP contribution is 2.02. The average molecular weight is 252 g/mol. The van der Waals surface area contributed by atoms with Crippen molar-refractivity contribution in [1.29, 1.82) is 0 Å². The zero-order valence-electron chi connectivity index (χ0n) is 8.47. The number of esters is 1. The second-order valence-electron chi connectivity index (χ2n) is 3.09. The van der Waals surface area contributed by atoms with Crippen molar-refractivity contribution in [2.75, 3.05) is 13.7 Å². The van der Waals surface area contributed by atoms with E-state index in [-0.39, 0.29) is 10.8 Å². The Hall–Kier alpha value is -0.0900. The van der Waals surface area contributed by atoms with Gasteiger partial charge in [-0.05, 0) is 13.3 Å². The molecule has 0 saturated carbocycles. The zero-order valence-corrected chi connectivity index (χ0v) is 10.1. The molecule has 0 aromatic rings. The Kier molecular flexibility index (Phi) is 7.28. The summed E-state index contributed by atoms with van der Waals surface area (Å²) in [6, 6.07) is 0.453. The van der Waals surface area contributed by atoms with Crippen molar-refractivity contribution in [1.82, 2.24) is 5.32 Å². The molecular formula is C9H18BrNO2. The summed E-state index contributed by atoms with van der Waals surface area (Å²) in [5.41, 5.74) is 0. The Bertz CT molecular complexity index is 153. The lowest BCUT2D eigenvalue weighted by Crippen LogP contribution is -2.35. The van der Waals surface area contributed by atoms with Crippen molar-refractivity contribution in [3.05, 3.63) is 0 Å². The van der Waals surface area contributed by atoms with Crippen LogP contribution in [-0.2, 0) is 9.53 Å². The molecule has 2 atom stereocenters. The van der Waals surface area contributed by atoms with Crippen molar-refractivity contribution in [3.8, 4) is 0 Å². The molecule has 0 fully saturated rings. The van der Waals surface area contributed by atoms with E-state index in [4.69, 9.17) is 0 Å². The van der Waals surface area contributed by atoms with Crippen LogP contribution in [0.2, 0.25) is 0 Å². The number of carbonyl (C=O) groups excluding carboxylic acids is 1. The number of nitrogens with one attached hydrogen (secondary N) is 1. The molecule has 0 bridgehead atoms. The molecule has 0 rings (SSSR count). The normalized spacial score (nSPS) is 15.1. The molecule has 78 valence electrons. The van der Waals surface area contributed by atoms with E-state index in [1.807, 2.05) is 0 Å². The molecule has 1 N–H and O–H groups in total. The lowest BCUT2D eigenvalue weighted by molar-refractivity contribution is -0.139. The Labute approximate surface area is 88.4 Å². The number of carbonyl (C=O) groups is 1. The summed E-state index contributed by atoms with van der Waals surface area (Å²) in [5.74, 6) is -0.226. The van der Waals surface area contributed by atoms with Gasteiger partial charge >= 0.3 is 5.97 Å². The summed E-state index contributed by atoms with van der Waals surface area (Å²) in [7, 11) is 1.39. The first-order valence-electron chi connectivity index (χ1n) is 4.57. The van der Waals surface area contributed by atoms with Crippen LogP contribution in [0, 0.1) is 0 Å². The van der Waals surface area contributed by atoms with Gasteiger partial charge in [0.15, 0.2) is 0 Å². The summed E-state index contributed by atoms with van der Waals surface area (Å²) in [6.07, 6.45) is 2.28. The fourth-order valence-corrected chi connectivity index (χ4v) is 1.42. The summed E-state index contributed by atoms with van der Waals surface area (Å²) < 4.78 is 4.58. The van der Waals surface area contributed by atoms with Gasteiger partial charge in [-0.15, -0.1) is 0 Å². The summed E-state index contributed by atoms with van der Waals surface area (Å²) in [4.78, 5) is 10.7. The number of methoxy groups -OCH3 is 1. The predicted molar refractivity (Wildman–Crippen MR) is 57.1 cm³/mol. The van der Waals surface area contributed by atoms with Gasteiger partial charge in [0.1, 0.15) is 4.83 Å². The number of rotatable bonds is 6. The van der Waals surface area contributed by atoms with Crippen LogP contribution in [0.5, 0.6) is 0 Å². The molecule has 0 heterocycles. The van der Waals surface area contributed by atoms with Gasteiger partial charge in [0.05, 0.1) is 7.11 Å². The lowest BCUT2D eigenvalue weighted by Gasteiger charge is -2.14. The maximum atomic E-state index is 11.0. The smallest absolute Gasteiger partial charge is 0.320 e. The van der Waals surface area contributed by atoms with Gasteiger partial charge in [0, 0.05) is 12.6 Å². The Balaban J connectivity index is 3.56.